The number of anilines is 1. The Morgan fingerprint density at radius 3 is 2.70 bits per heavy atom. The van der Waals surface area contributed by atoms with Crippen molar-refractivity contribution in [1.29, 1.82) is 5.26 Å². The number of nitrogens with zero attached hydrogens (tertiary/aromatic N) is 1. The average molecular weight is 298 g/mol. The molecule has 0 saturated carbocycles. The van der Waals surface area contributed by atoms with Crippen LogP contribution in [0.1, 0.15) is 20.8 Å². The maximum atomic E-state index is 13.5. The van der Waals surface area contributed by atoms with E-state index < -0.39 is 11.4 Å². The van der Waals surface area contributed by atoms with Gasteiger partial charge < -0.3 is 10.6 Å². The average Bonchev–Trinajstić information content (AvgIpc) is 2.37. The number of nitrogens with one attached hydrogen (secondary N) is 2. The lowest BCUT2D eigenvalue weighted by Gasteiger charge is -2.27. The molecule has 0 heterocycles. The molecule has 0 bridgehead atoms. The topological polar surface area (TPSA) is 64.9 Å². The maximum absolute atomic E-state index is 13.5. The molecular weight excluding hydrogens is 281 g/mol. The summed E-state index contributed by atoms with van der Waals surface area (Å²) in [5, 5.41) is 14.7. The van der Waals surface area contributed by atoms with Crippen molar-refractivity contribution in [3.05, 3.63) is 29.0 Å². The number of hydrogen-bond donors (Lipinski definition) is 2. The minimum Gasteiger partial charge on any atom is -0.374 e. The predicted octanol–water partition coefficient (Wildman–Crippen LogP) is 2.95. The van der Waals surface area contributed by atoms with E-state index in [9.17, 15) is 9.18 Å². The summed E-state index contributed by atoms with van der Waals surface area (Å²) in [4.78, 5) is 11.8. The van der Waals surface area contributed by atoms with Crippen molar-refractivity contribution in [2.75, 3.05) is 11.9 Å². The van der Waals surface area contributed by atoms with Crippen molar-refractivity contribution in [1.82, 2.24) is 5.32 Å². The van der Waals surface area contributed by atoms with Gasteiger partial charge in [0.05, 0.1) is 18.3 Å². The molecule has 108 valence electrons. The third kappa shape index (κ3) is 4.10. The van der Waals surface area contributed by atoms with E-state index in [1.807, 2.05) is 13.8 Å². The molecule has 1 rings (SSSR count). The lowest BCUT2D eigenvalue weighted by atomic mass is 9.90. The number of hydrogen-bond acceptors (Lipinski definition) is 3. The second-order valence-corrected chi connectivity index (χ2v) is 5.43. The van der Waals surface area contributed by atoms with E-state index in [0.29, 0.717) is 0 Å². The molecule has 1 amide bonds. The fourth-order valence-corrected chi connectivity index (χ4v) is 1.60. The first kappa shape index (κ1) is 16.3. The van der Waals surface area contributed by atoms with Crippen LogP contribution in [0.4, 0.5) is 10.1 Å². The van der Waals surface area contributed by atoms with Gasteiger partial charge in [-0.05, 0) is 31.0 Å². The number of carbonyl (C=O) groups is 1. The first-order valence-corrected chi connectivity index (χ1v) is 6.57. The number of benzene rings is 1. The van der Waals surface area contributed by atoms with Crippen molar-refractivity contribution in [3.8, 4) is 6.07 Å². The van der Waals surface area contributed by atoms with Crippen LogP contribution in [-0.4, -0.2) is 18.0 Å². The van der Waals surface area contributed by atoms with Crippen molar-refractivity contribution < 1.29 is 9.18 Å². The van der Waals surface area contributed by atoms with E-state index in [-0.39, 0.29) is 29.1 Å². The zero-order chi connectivity index (χ0) is 15.3. The molecule has 0 spiro atoms. The van der Waals surface area contributed by atoms with Crippen LogP contribution < -0.4 is 10.6 Å². The SMILES string of the molecule is CC(C)[C@](C)(C#N)NC(=O)CNc1ccc(Cl)cc1F. The van der Waals surface area contributed by atoms with E-state index >= 15 is 0 Å². The van der Waals surface area contributed by atoms with E-state index in [2.05, 4.69) is 16.7 Å². The summed E-state index contributed by atoms with van der Waals surface area (Å²) in [5.41, 5.74) is -0.759. The molecule has 4 nitrogen and oxygen atoms in total. The molecule has 1 aromatic rings. The molecule has 20 heavy (non-hydrogen) atoms. The monoisotopic (exact) mass is 297 g/mol. The molecular formula is C14H17ClFN3O. The molecule has 0 saturated heterocycles. The van der Waals surface area contributed by atoms with E-state index in [1.54, 1.807) is 6.92 Å². The highest BCUT2D eigenvalue weighted by molar-refractivity contribution is 6.30. The van der Waals surface area contributed by atoms with Crippen molar-refractivity contribution in [3.63, 3.8) is 0 Å². The van der Waals surface area contributed by atoms with Crippen LogP contribution in [0, 0.1) is 23.1 Å². The highest BCUT2D eigenvalue weighted by atomic mass is 35.5. The standard InChI is InChI=1S/C14H17ClFN3O/c1-9(2)14(3,8-17)19-13(20)7-18-12-5-4-10(15)6-11(12)16/h4-6,9,18H,7H2,1-3H3,(H,19,20)/t14-/m0/s1. The molecule has 0 aliphatic heterocycles. The van der Waals surface area contributed by atoms with Gasteiger partial charge in [0.15, 0.2) is 0 Å². The fraction of sp³-hybridized carbons (Fsp3) is 0.429. The zero-order valence-corrected chi connectivity index (χ0v) is 12.4. The van der Waals surface area contributed by atoms with Gasteiger partial charge in [-0.15, -0.1) is 0 Å². The summed E-state index contributed by atoms with van der Waals surface area (Å²) in [7, 11) is 0. The van der Waals surface area contributed by atoms with E-state index in [4.69, 9.17) is 16.9 Å². The van der Waals surface area contributed by atoms with Crippen LogP contribution in [0.5, 0.6) is 0 Å². The zero-order valence-electron chi connectivity index (χ0n) is 11.6. The van der Waals surface area contributed by atoms with E-state index in [1.165, 1.54) is 12.1 Å². The first-order valence-electron chi connectivity index (χ1n) is 6.19. The summed E-state index contributed by atoms with van der Waals surface area (Å²) in [6.45, 7) is 5.21. The van der Waals surface area contributed by atoms with Crippen molar-refractivity contribution in [2.24, 2.45) is 5.92 Å². The van der Waals surface area contributed by atoms with E-state index in [0.717, 1.165) is 6.07 Å². The summed E-state index contributed by atoms with van der Waals surface area (Å²) >= 11 is 5.64. The highest BCUT2D eigenvalue weighted by Gasteiger charge is 2.29. The third-order valence-electron chi connectivity index (χ3n) is 3.16. The predicted molar refractivity (Wildman–Crippen MR) is 76.9 cm³/mol. The Hall–Kier alpha value is -1.80. The van der Waals surface area contributed by atoms with Crippen molar-refractivity contribution in [2.45, 2.75) is 26.3 Å². The Kier molecular flexibility index (Phi) is 5.34. The van der Waals surface area contributed by atoms with Crippen LogP contribution in [0.15, 0.2) is 18.2 Å². The molecule has 0 radical (unpaired) electrons. The number of carbonyl (C=O) groups excluding carboxylic acids is 1. The van der Waals surface area contributed by atoms with Gasteiger partial charge in [0, 0.05) is 5.02 Å². The minimum absolute atomic E-state index is 0.0382. The molecule has 6 heteroatoms. The molecule has 0 aliphatic rings. The van der Waals surface area contributed by atoms with Gasteiger partial charge in [-0.1, -0.05) is 25.4 Å². The molecule has 0 fully saturated rings. The van der Waals surface area contributed by atoms with Crippen LogP contribution in [-0.2, 0) is 4.79 Å². The molecule has 1 atom stereocenters. The lowest BCUT2D eigenvalue weighted by Crippen LogP contribution is -2.50. The normalized spacial score (nSPS) is 13.4. The van der Waals surface area contributed by atoms with Crippen LogP contribution in [0.25, 0.3) is 0 Å². The Balaban J connectivity index is 2.62. The Bertz CT molecular complexity index is 542. The van der Waals surface area contributed by atoms with Gasteiger partial charge in [0.1, 0.15) is 11.4 Å². The van der Waals surface area contributed by atoms with Gasteiger partial charge in [0.2, 0.25) is 5.91 Å². The lowest BCUT2D eigenvalue weighted by molar-refractivity contribution is -0.121. The Morgan fingerprint density at radius 2 is 2.20 bits per heavy atom. The maximum Gasteiger partial charge on any atom is 0.240 e. The summed E-state index contributed by atoms with van der Waals surface area (Å²) < 4.78 is 13.5. The second-order valence-electron chi connectivity index (χ2n) is 4.99. The molecule has 0 aromatic heterocycles. The second kappa shape index (κ2) is 6.58. The third-order valence-corrected chi connectivity index (χ3v) is 3.39. The number of nitriles is 1. The fourth-order valence-electron chi connectivity index (χ4n) is 1.44. The molecule has 1 aromatic carbocycles. The van der Waals surface area contributed by atoms with Gasteiger partial charge in [-0.2, -0.15) is 5.26 Å². The Labute approximate surface area is 122 Å². The molecule has 0 aliphatic carbocycles. The number of rotatable bonds is 5. The minimum atomic E-state index is -0.947. The number of amides is 1. The van der Waals surface area contributed by atoms with Crippen LogP contribution in [0.3, 0.4) is 0 Å². The largest absolute Gasteiger partial charge is 0.374 e. The van der Waals surface area contributed by atoms with Gasteiger partial charge in [0.25, 0.3) is 0 Å². The van der Waals surface area contributed by atoms with Crippen LogP contribution >= 0.6 is 11.6 Å². The summed E-state index contributed by atoms with van der Waals surface area (Å²) in [6.07, 6.45) is 0. The van der Waals surface area contributed by atoms with Gasteiger partial charge in [-0.3, -0.25) is 4.79 Å². The van der Waals surface area contributed by atoms with Gasteiger partial charge >= 0.3 is 0 Å². The summed E-state index contributed by atoms with van der Waals surface area (Å²) in [5.74, 6) is -0.946. The van der Waals surface area contributed by atoms with Crippen molar-refractivity contribution >= 4 is 23.2 Å². The van der Waals surface area contributed by atoms with Gasteiger partial charge in [-0.25, -0.2) is 4.39 Å². The Morgan fingerprint density at radius 1 is 1.55 bits per heavy atom. The molecule has 2 N–H and O–H groups in total. The smallest absolute Gasteiger partial charge is 0.240 e. The summed E-state index contributed by atoms with van der Waals surface area (Å²) in [6, 6.07) is 6.22. The first-order chi connectivity index (χ1) is 9.28. The number of halogens is 2. The highest BCUT2D eigenvalue weighted by Crippen LogP contribution is 2.19. The van der Waals surface area contributed by atoms with Crippen LogP contribution in [0.2, 0.25) is 5.02 Å². The quantitative estimate of drug-likeness (QED) is 0.878. The molecule has 0 unspecified atom stereocenters.